The van der Waals surface area contributed by atoms with Crippen LogP contribution in [0.2, 0.25) is 0 Å². The summed E-state index contributed by atoms with van der Waals surface area (Å²) in [5, 5.41) is 0. The van der Waals surface area contributed by atoms with Crippen LogP contribution in [-0.2, 0) is 20.7 Å². The van der Waals surface area contributed by atoms with Crippen LogP contribution in [0.15, 0.2) is 34.6 Å². The van der Waals surface area contributed by atoms with E-state index in [1.54, 1.807) is 13.2 Å². The van der Waals surface area contributed by atoms with Gasteiger partial charge in [0.2, 0.25) is 0 Å². The topological polar surface area (TPSA) is 56.5 Å². The zero-order chi connectivity index (χ0) is 12.3. The Labute approximate surface area is 99.3 Å². The maximum Gasteiger partial charge on any atom is 0.321 e. The van der Waals surface area contributed by atoms with Gasteiger partial charge < -0.3 is 9.15 Å². The molecule has 0 saturated heterocycles. The molecule has 1 aromatic rings. The predicted octanol–water partition coefficient (Wildman–Crippen LogP) is 2.25. The van der Waals surface area contributed by atoms with Gasteiger partial charge in [-0.05, 0) is 31.9 Å². The molecular weight excluding hydrogens is 220 g/mol. The lowest BCUT2D eigenvalue weighted by atomic mass is 9.95. The summed E-state index contributed by atoms with van der Waals surface area (Å²) in [6, 6.07) is 3.70. The Balaban J connectivity index is 1.87. The van der Waals surface area contributed by atoms with Crippen LogP contribution in [0.25, 0.3) is 0 Å². The number of aryl methyl sites for hydroxylation is 1. The molecule has 1 aliphatic rings. The van der Waals surface area contributed by atoms with E-state index in [-0.39, 0.29) is 5.78 Å². The number of carbonyl (C=O) groups excluding carboxylic acids is 2. The molecule has 0 radical (unpaired) electrons. The molecule has 0 aliphatic carbocycles. The largest absolute Gasteiger partial charge is 0.469 e. The maximum atomic E-state index is 11.6. The molecule has 0 saturated carbocycles. The average molecular weight is 234 g/mol. The van der Waals surface area contributed by atoms with Gasteiger partial charge in [-0.2, -0.15) is 0 Å². The van der Waals surface area contributed by atoms with E-state index >= 15 is 0 Å². The van der Waals surface area contributed by atoms with Crippen LogP contribution in [0.4, 0.5) is 0 Å². The number of ketones is 1. The Morgan fingerprint density at radius 3 is 2.82 bits per heavy atom. The van der Waals surface area contributed by atoms with Gasteiger partial charge in [-0.15, -0.1) is 0 Å². The lowest BCUT2D eigenvalue weighted by Crippen LogP contribution is -2.28. The Morgan fingerprint density at radius 1 is 1.35 bits per heavy atom. The fraction of sp³-hybridized carbons (Fsp3) is 0.385. The fourth-order valence-electron chi connectivity index (χ4n) is 1.87. The molecule has 90 valence electrons. The van der Waals surface area contributed by atoms with Crippen LogP contribution in [0.1, 0.15) is 25.5 Å². The standard InChI is InChI=1S/C13H14O4/c1-9-8-12(14)11(13(15)17-9)6-2-4-10-5-3-7-16-10/h3,5,7-8,11H,2,4,6H2,1H3. The first-order chi connectivity index (χ1) is 8.16. The van der Waals surface area contributed by atoms with E-state index in [9.17, 15) is 9.59 Å². The van der Waals surface area contributed by atoms with Crippen molar-refractivity contribution in [3.63, 3.8) is 0 Å². The highest BCUT2D eigenvalue weighted by Crippen LogP contribution is 2.20. The van der Waals surface area contributed by atoms with Crippen molar-refractivity contribution in [2.24, 2.45) is 5.92 Å². The van der Waals surface area contributed by atoms with Gasteiger partial charge in [-0.3, -0.25) is 9.59 Å². The first-order valence-electron chi connectivity index (χ1n) is 5.63. The second-order valence-corrected chi connectivity index (χ2v) is 4.10. The van der Waals surface area contributed by atoms with Gasteiger partial charge in [-0.25, -0.2) is 0 Å². The normalized spacial score (nSPS) is 20.1. The van der Waals surface area contributed by atoms with Gasteiger partial charge in [-0.1, -0.05) is 0 Å². The van der Waals surface area contributed by atoms with Crippen LogP contribution in [0, 0.1) is 5.92 Å². The molecule has 0 N–H and O–H groups in total. The van der Waals surface area contributed by atoms with Crippen LogP contribution in [0.3, 0.4) is 0 Å². The third-order valence-electron chi connectivity index (χ3n) is 2.73. The number of ether oxygens (including phenoxy) is 1. The number of furan rings is 1. The summed E-state index contributed by atoms with van der Waals surface area (Å²) < 4.78 is 10.1. The van der Waals surface area contributed by atoms with E-state index < -0.39 is 11.9 Å². The van der Waals surface area contributed by atoms with Crippen molar-refractivity contribution in [2.75, 3.05) is 0 Å². The molecule has 0 aromatic carbocycles. The molecule has 1 aliphatic heterocycles. The van der Waals surface area contributed by atoms with Gasteiger partial charge in [0.25, 0.3) is 0 Å². The molecule has 0 spiro atoms. The summed E-state index contributed by atoms with van der Waals surface area (Å²) >= 11 is 0. The number of carbonyl (C=O) groups is 2. The molecule has 17 heavy (non-hydrogen) atoms. The molecule has 1 aromatic heterocycles. The number of allylic oxidation sites excluding steroid dienone is 2. The van der Waals surface area contributed by atoms with E-state index in [0.717, 1.165) is 18.6 Å². The van der Waals surface area contributed by atoms with Gasteiger partial charge >= 0.3 is 5.97 Å². The molecule has 0 amide bonds. The van der Waals surface area contributed by atoms with Crippen LogP contribution >= 0.6 is 0 Å². The fourth-order valence-corrected chi connectivity index (χ4v) is 1.87. The zero-order valence-electron chi connectivity index (χ0n) is 9.64. The molecule has 4 nitrogen and oxygen atoms in total. The Kier molecular flexibility index (Phi) is 3.42. The second kappa shape index (κ2) is 4.99. The predicted molar refractivity (Wildman–Crippen MR) is 60.0 cm³/mol. The molecule has 0 bridgehead atoms. The summed E-state index contributed by atoms with van der Waals surface area (Å²) in [4.78, 5) is 23.1. The minimum atomic E-state index is -0.645. The maximum absolute atomic E-state index is 11.6. The van der Waals surface area contributed by atoms with Crippen LogP contribution in [-0.4, -0.2) is 11.8 Å². The smallest absolute Gasteiger partial charge is 0.321 e. The minimum Gasteiger partial charge on any atom is -0.469 e. The Bertz CT molecular complexity index is 442. The third kappa shape index (κ3) is 2.84. The van der Waals surface area contributed by atoms with Crippen molar-refractivity contribution in [2.45, 2.75) is 26.2 Å². The summed E-state index contributed by atoms with van der Waals surface area (Å²) in [5.74, 6) is 0.0111. The van der Waals surface area contributed by atoms with E-state index in [1.807, 2.05) is 12.1 Å². The van der Waals surface area contributed by atoms with Gasteiger partial charge in [0, 0.05) is 12.5 Å². The van der Waals surface area contributed by atoms with Crippen LogP contribution in [0.5, 0.6) is 0 Å². The first kappa shape index (κ1) is 11.6. The number of cyclic esters (lactones) is 1. The molecular formula is C13H14O4. The molecule has 1 atom stereocenters. The molecule has 4 heteroatoms. The van der Waals surface area contributed by atoms with Crippen molar-refractivity contribution in [1.29, 1.82) is 0 Å². The minimum absolute atomic E-state index is 0.154. The molecule has 0 fully saturated rings. The van der Waals surface area contributed by atoms with E-state index in [1.165, 1.54) is 6.08 Å². The van der Waals surface area contributed by atoms with Crippen molar-refractivity contribution in [1.82, 2.24) is 0 Å². The number of hydrogen-bond acceptors (Lipinski definition) is 4. The highest BCUT2D eigenvalue weighted by Gasteiger charge is 2.30. The first-order valence-corrected chi connectivity index (χ1v) is 5.63. The number of hydrogen-bond donors (Lipinski definition) is 0. The number of esters is 1. The third-order valence-corrected chi connectivity index (χ3v) is 2.73. The quantitative estimate of drug-likeness (QED) is 0.592. The van der Waals surface area contributed by atoms with E-state index in [2.05, 4.69) is 0 Å². The molecule has 2 rings (SSSR count). The number of rotatable bonds is 4. The SMILES string of the molecule is CC1=CC(=O)C(CCCc2ccco2)C(=O)O1. The highest BCUT2D eigenvalue weighted by atomic mass is 16.5. The molecule has 2 heterocycles. The van der Waals surface area contributed by atoms with Gasteiger partial charge in [0.1, 0.15) is 17.4 Å². The lowest BCUT2D eigenvalue weighted by molar-refractivity contribution is -0.149. The lowest BCUT2D eigenvalue weighted by Gasteiger charge is -2.17. The van der Waals surface area contributed by atoms with Crippen molar-refractivity contribution in [3.8, 4) is 0 Å². The average Bonchev–Trinajstić information content (AvgIpc) is 2.74. The monoisotopic (exact) mass is 234 g/mol. The summed E-state index contributed by atoms with van der Waals surface area (Å²) in [6.45, 7) is 1.61. The molecule has 1 unspecified atom stereocenters. The van der Waals surface area contributed by atoms with Crippen molar-refractivity contribution in [3.05, 3.63) is 36.0 Å². The van der Waals surface area contributed by atoms with Crippen molar-refractivity contribution >= 4 is 11.8 Å². The van der Waals surface area contributed by atoms with Gasteiger partial charge in [0.05, 0.1) is 6.26 Å². The van der Waals surface area contributed by atoms with Crippen LogP contribution < -0.4 is 0 Å². The summed E-state index contributed by atoms with van der Waals surface area (Å²) in [6.07, 6.45) is 4.96. The Hall–Kier alpha value is -1.84. The van der Waals surface area contributed by atoms with E-state index in [4.69, 9.17) is 9.15 Å². The summed E-state index contributed by atoms with van der Waals surface area (Å²) in [5.41, 5.74) is 0. The second-order valence-electron chi connectivity index (χ2n) is 4.10. The Morgan fingerprint density at radius 2 is 2.18 bits per heavy atom. The zero-order valence-corrected chi connectivity index (χ0v) is 9.64. The van der Waals surface area contributed by atoms with Gasteiger partial charge in [0.15, 0.2) is 5.78 Å². The highest BCUT2D eigenvalue weighted by molar-refractivity contribution is 6.07. The van der Waals surface area contributed by atoms with E-state index in [0.29, 0.717) is 12.2 Å². The van der Waals surface area contributed by atoms with Crippen molar-refractivity contribution < 1.29 is 18.7 Å². The summed E-state index contributed by atoms with van der Waals surface area (Å²) in [7, 11) is 0.